The lowest BCUT2D eigenvalue weighted by molar-refractivity contribution is 0.425. The molecule has 1 aromatic heterocycles. The predicted molar refractivity (Wildman–Crippen MR) is 65.0 cm³/mol. The van der Waals surface area contributed by atoms with Crippen LogP contribution in [-0.2, 0) is 6.42 Å². The fraction of sp³-hybridized carbons (Fsp3) is 0.714. The van der Waals surface area contributed by atoms with E-state index in [4.69, 9.17) is 4.42 Å². The van der Waals surface area contributed by atoms with Crippen LogP contribution < -0.4 is 0 Å². The van der Waals surface area contributed by atoms with Crippen molar-refractivity contribution in [1.29, 1.82) is 0 Å². The van der Waals surface area contributed by atoms with Gasteiger partial charge in [0.15, 0.2) is 0 Å². The van der Waals surface area contributed by atoms with Gasteiger partial charge in [-0.25, -0.2) is 0 Å². The maximum absolute atomic E-state index is 5.35. The molecule has 1 heteroatoms. The molecule has 0 fully saturated rings. The summed E-state index contributed by atoms with van der Waals surface area (Å²) in [6, 6.07) is 4.05. The summed E-state index contributed by atoms with van der Waals surface area (Å²) in [6.07, 6.45) is 11.1. The van der Waals surface area contributed by atoms with Crippen molar-refractivity contribution in [3.8, 4) is 0 Å². The normalized spacial score (nSPS) is 12.9. The molecular weight excluding hydrogens is 184 g/mol. The minimum Gasteiger partial charge on any atom is -0.469 e. The smallest absolute Gasteiger partial charge is 0.104 e. The molecule has 0 aliphatic heterocycles. The van der Waals surface area contributed by atoms with Gasteiger partial charge in [-0.2, -0.15) is 0 Å². The summed E-state index contributed by atoms with van der Waals surface area (Å²) in [6.45, 7) is 4.59. The second-order valence-corrected chi connectivity index (χ2v) is 4.59. The minimum atomic E-state index is 0.762. The van der Waals surface area contributed by atoms with Gasteiger partial charge >= 0.3 is 0 Å². The first kappa shape index (κ1) is 12.4. The van der Waals surface area contributed by atoms with Gasteiger partial charge in [0.2, 0.25) is 0 Å². The molecule has 0 aliphatic rings. The maximum atomic E-state index is 5.35. The molecule has 1 aromatic rings. The number of rotatable bonds is 8. The van der Waals surface area contributed by atoms with Crippen LogP contribution in [0.15, 0.2) is 22.8 Å². The molecule has 0 radical (unpaired) electrons. The third-order valence-electron chi connectivity index (χ3n) is 2.93. The van der Waals surface area contributed by atoms with E-state index in [0.717, 1.165) is 18.1 Å². The summed E-state index contributed by atoms with van der Waals surface area (Å²) in [5, 5.41) is 0. The lowest BCUT2D eigenvalue weighted by Gasteiger charge is -2.08. The molecular formula is C14H24O. The zero-order valence-corrected chi connectivity index (χ0v) is 10.2. The quantitative estimate of drug-likeness (QED) is 0.558. The van der Waals surface area contributed by atoms with E-state index in [1.807, 2.05) is 6.07 Å². The highest BCUT2D eigenvalue weighted by atomic mass is 16.3. The Morgan fingerprint density at radius 2 is 2.00 bits per heavy atom. The Labute approximate surface area is 93.9 Å². The van der Waals surface area contributed by atoms with Crippen molar-refractivity contribution in [2.45, 2.75) is 58.8 Å². The zero-order valence-electron chi connectivity index (χ0n) is 10.2. The van der Waals surface area contributed by atoms with Crippen LogP contribution in [0, 0.1) is 5.92 Å². The van der Waals surface area contributed by atoms with Crippen LogP contribution in [0.25, 0.3) is 0 Å². The lowest BCUT2D eigenvalue weighted by Crippen LogP contribution is -1.98. The van der Waals surface area contributed by atoms with Gasteiger partial charge in [0.05, 0.1) is 6.26 Å². The van der Waals surface area contributed by atoms with Crippen molar-refractivity contribution < 1.29 is 4.42 Å². The summed E-state index contributed by atoms with van der Waals surface area (Å²) in [4.78, 5) is 0. The van der Waals surface area contributed by atoms with Gasteiger partial charge in [-0.1, -0.05) is 52.4 Å². The van der Waals surface area contributed by atoms with Gasteiger partial charge in [-0.05, 0) is 18.1 Å². The van der Waals surface area contributed by atoms with Crippen molar-refractivity contribution in [3.63, 3.8) is 0 Å². The molecule has 86 valence electrons. The average Bonchev–Trinajstić information content (AvgIpc) is 2.70. The molecule has 0 amide bonds. The Balaban J connectivity index is 2.01. The first-order valence-corrected chi connectivity index (χ1v) is 6.35. The third-order valence-corrected chi connectivity index (χ3v) is 2.93. The van der Waals surface area contributed by atoms with Gasteiger partial charge in [0.1, 0.15) is 5.76 Å². The van der Waals surface area contributed by atoms with Crippen molar-refractivity contribution in [2.24, 2.45) is 5.92 Å². The zero-order chi connectivity index (χ0) is 10.9. The topological polar surface area (TPSA) is 13.1 Å². The van der Waals surface area contributed by atoms with E-state index in [1.165, 1.54) is 38.5 Å². The molecule has 1 atom stereocenters. The molecule has 0 saturated heterocycles. The van der Waals surface area contributed by atoms with E-state index < -0.39 is 0 Å². The second-order valence-electron chi connectivity index (χ2n) is 4.59. The van der Waals surface area contributed by atoms with E-state index in [0.29, 0.717) is 0 Å². The average molecular weight is 208 g/mol. The summed E-state index contributed by atoms with van der Waals surface area (Å²) < 4.78 is 5.35. The summed E-state index contributed by atoms with van der Waals surface area (Å²) in [7, 11) is 0. The van der Waals surface area contributed by atoms with Gasteiger partial charge in [0, 0.05) is 6.42 Å². The SMILES string of the molecule is CCCCCCCC(C)Cc1ccco1. The molecule has 0 saturated carbocycles. The highest BCUT2D eigenvalue weighted by Crippen LogP contribution is 2.16. The van der Waals surface area contributed by atoms with Crippen molar-refractivity contribution in [1.82, 2.24) is 0 Å². The van der Waals surface area contributed by atoms with Crippen LogP contribution in [0.5, 0.6) is 0 Å². The van der Waals surface area contributed by atoms with Crippen LogP contribution >= 0.6 is 0 Å². The molecule has 1 unspecified atom stereocenters. The van der Waals surface area contributed by atoms with Crippen LogP contribution in [0.3, 0.4) is 0 Å². The fourth-order valence-corrected chi connectivity index (χ4v) is 1.97. The first-order valence-electron chi connectivity index (χ1n) is 6.35. The van der Waals surface area contributed by atoms with E-state index >= 15 is 0 Å². The highest BCUT2D eigenvalue weighted by molar-refractivity contribution is 4.98. The summed E-state index contributed by atoms with van der Waals surface area (Å²) >= 11 is 0. The van der Waals surface area contributed by atoms with E-state index in [1.54, 1.807) is 6.26 Å². The predicted octanol–water partition coefficient (Wildman–Crippen LogP) is 4.82. The Morgan fingerprint density at radius 1 is 1.20 bits per heavy atom. The standard InChI is InChI=1S/C14H24O/c1-3-4-5-6-7-9-13(2)12-14-10-8-11-15-14/h8,10-11,13H,3-7,9,12H2,1-2H3. The van der Waals surface area contributed by atoms with Gasteiger partial charge in [0.25, 0.3) is 0 Å². The number of furan rings is 1. The Hall–Kier alpha value is -0.720. The maximum Gasteiger partial charge on any atom is 0.104 e. The first-order chi connectivity index (χ1) is 7.33. The van der Waals surface area contributed by atoms with Crippen molar-refractivity contribution in [3.05, 3.63) is 24.2 Å². The number of hydrogen-bond donors (Lipinski definition) is 0. The monoisotopic (exact) mass is 208 g/mol. The van der Waals surface area contributed by atoms with Crippen LogP contribution in [0.1, 0.15) is 58.1 Å². The molecule has 1 rings (SSSR count). The lowest BCUT2D eigenvalue weighted by atomic mass is 9.98. The molecule has 0 N–H and O–H groups in total. The number of unbranched alkanes of at least 4 members (excludes halogenated alkanes) is 4. The molecule has 1 nitrogen and oxygen atoms in total. The Morgan fingerprint density at radius 3 is 2.67 bits per heavy atom. The van der Waals surface area contributed by atoms with E-state index in [2.05, 4.69) is 19.9 Å². The highest BCUT2D eigenvalue weighted by Gasteiger charge is 2.05. The third kappa shape index (κ3) is 5.66. The molecule has 0 aliphatic carbocycles. The number of hydrogen-bond acceptors (Lipinski definition) is 1. The molecule has 15 heavy (non-hydrogen) atoms. The van der Waals surface area contributed by atoms with Gasteiger partial charge in [-0.3, -0.25) is 0 Å². The molecule has 0 spiro atoms. The second kappa shape index (κ2) is 7.56. The van der Waals surface area contributed by atoms with Crippen molar-refractivity contribution in [2.75, 3.05) is 0 Å². The molecule has 0 aromatic carbocycles. The summed E-state index contributed by atoms with van der Waals surface area (Å²) in [5.74, 6) is 1.90. The van der Waals surface area contributed by atoms with Gasteiger partial charge < -0.3 is 4.42 Å². The molecule has 0 bridgehead atoms. The minimum absolute atomic E-state index is 0.762. The summed E-state index contributed by atoms with van der Waals surface area (Å²) in [5.41, 5.74) is 0. The van der Waals surface area contributed by atoms with Crippen molar-refractivity contribution >= 4 is 0 Å². The fourth-order valence-electron chi connectivity index (χ4n) is 1.97. The Bertz CT molecular complexity index is 225. The van der Waals surface area contributed by atoms with E-state index in [9.17, 15) is 0 Å². The van der Waals surface area contributed by atoms with Gasteiger partial charge in [-0.15, -0.1) is 0 Å². The molecule has 1 heterocycles. The Kier molecular flexibility index (Phi) is 6.22. The largest absolute Gasteiger partial charge is 0.469 e. The van der Waals surface area contributed by atoms with Crippen LogP contribution in [0.4, 0.5) is 0 Å². The van der Waals surface area contributed by atoms with E-state index in [-0.39, 0.29) is 0 Å². The van der Waals surface area contributed by atoms with Crippen LogP contribution in [0.2, 0.25) is 0 Å². The van der Waals surface area contributed by atoms with Crippen LogP contribution in [-0.4, -0.2) is 0 Å².